The maximum Gasteiger partial charge on any atom is 0.220 e. The number of carbonyl (C=O) groups is 1. The zero-order chi connectivity index (χ0) is 47.0. The van der Waals surface area contributed by atoms with E-state index in [1.165, 1.54) is 135 Å². The summed E-state index contributed by atoms with van der Waals surface area (Å²) in [4.78, 5) is 12.4. The fraction of sp³-hybridized carbons (Fsp3) is 0.656. The lowest BCUT2D eigenvalue weighted by Crippen LogP contribution is -2.45. The molecule has 0 saturated heterocycles. The Morgan fingerprint density at radius 2 is 0.692 bits per heavy atom. The Hall–Kier alpha value is -3.21. The molecule has 0 bridgehead atoms. The molecular weight excluding hydrogens is 795 g/mol. The van der Waals surface area contributed by atoms with Crippen LogP contribution in [0.4, 0.5) is 0 Å². The highest BCUT2D eigenvalue weighted by atomic mass is 16.3. The highest BCUT2D eigenvalue weighted by Crippen LogP contribution is 2.15. The minimum Gasteiger partial charge on any atom is -0.394 e. The van der Waals surface area contributed by atoms with E-state index in [4.69, 9.17) is 0 Å². The Morgan fingerprint density at radius 1 is 0.385 bits per heavy atom. The number of carbonyl (C=O) groups excluding carboxylic acids is 1. The van der Waals surface area contributed by atoms with Crippen molar-refractivity contribution in [1.82, 2.24) is 5.32 Å². The summed E-state index contributed by atoms with van der Waals surface area (Å²) in [7, 11) is 0. The first-order chi connectivity index (χ1) is 32.2. The number of unbranched alkanes of at least 4 members (excludes halogenated alkanes) is 23. The third-order valence-corrected chi connectivity index (χ3v) is 11.7. The maximum atomic E-state index is 12.4. The number of rotatable bonds is 48. The summed E-state index contributed by atoms with van der Waals surface area (Å²) in [6.07, 6.45) is 84.9. The fourth-order valence-electron chi connectivity index (χ4n) is 7.54. The second-order valence-corrected chi connectivity index (χ2v) is 17.9. The first kappa shape index (κ1) is 61.8. The van der Waals surface area contributed by atoms with Gasteiger partial charge in [-0.2, -0.15) is 0 Å². The van der Waals surface area contributed by atoms with Crippen molar-refractivity contribution in [3.63, 3.8) is 0 Å². The highest BCUT2D eigenvalue weighted by Gasteiger charge is 2.17. The number of amides is 1. The van der Waals surface area contributed by atoms with E-state index in [9.17, 15) is 15.0 Å². The van der Waals surface area contributed by atoms with Crippen LogP contribution >= 0.6 is 0 Å². The average Bonchev–Trinajstić information content (AvgIpc) is 3.31. The zero-order valence-electron chi connectivity index (χ0n) is 42.5. The predicted octanol–water partition coefficient (Wildman–Crippen LogP) is 18.1. The summed E-state index contributed by atoms with van der Waals surface area (Å²) in [6, 6.07) is -0.652. The zero-order valence-corrected chi connectivity index (χ0v) is 42.5. The second kappa shape index (κ2) is 55.1. The normalized spacial score (nSPS) is 13.8. The molecule has 0 heterocycles. The van der Waals surface area contributed by atoms with Crippen molar-refractivity contribution >= 4 is 5.91 Å². The third kappa shape index (κ3) is 51.6. The van der Waals surface area contributed by atoms with E-state index in [0.29, 0.717) is 6.42 Å². The molecule has 0 radical (unpaired) electrons. The fourth-order valence-corrected chi connectivity index (χ4v) is 7.54. The second-order valence-electron chi connectivity index (χ2n) is 17.9. The van der Waals surface area contributed by atoms with Crippen LogP contribution in [0.5, 0.6) is 0 Å². The lowest BCUT2D eigenvalue weighted by Gasteiger charge is -2.19. The number of hydrogen-bond acceptors (Lipinski definition) is 3. The van der Waals surface area contributed by atoms with E-state index < -0.39 is 12.1 Å². The monoisotopic (exact) mass is 898 g/mol. The molecule has 370 valence electrons. The van der Waals surface area contributed by atoms with Gasteiger partial charge in [-0.05, 0) is 103 Å². The van der Waals surface area contributed by atoms with Crippen LogP contribution in [-0.2, 0) is 4.79 Å². The van der Waals surface area contributed by atoms with Crippen LogP contribution in [0.25, 0.3) is 0 Å². The molecule has 3 N–H and O–H groups in total. The number of hydrogen-bond donors (Lipinski definition) is 3. The van der Waals surface area contributed by atoms with Crippen molar-refractivity contribution in [2.45, 2.75) is 251 Å². The van der Waals surface area contributed by atoms with Gasteiger partial charge in [-0.15, -0.1) is 0 Å². The summed E-state index contributed by atoms with van der Waals surface area (Å²) >= 11 is 0. The molecule has 2 atom stereocenters. The molecule has 1 amide bonds. The van der Waals surface area contributed by atoms with Crippen LogP contribution in [0.15, 0.2) is 122 Å². The van der Waals surface area contributed by atoms with Gasteiger partial charge in [0.25, 0.3) is 0 Å². The van der Waals surface area contributed by atoms with Gasteiger partial charge in [0.15, 0.2) is 0 Å². The summed E-state index contributed by atoms with van der Waals surface area (Å²) in [5.74, 6) is -0.0824. The Balaban J connectivity index is 3.57. The standard InChI is InChI=1S/C61H103NO3/c1-3-5-7-9-11-13-15-17-19-21-22-23-24-25-26-27-28-29-30-31-32-33-34-35-36-37-38-39-40-41-43-45-47-49-51-53-55-57-61(65)62-59(58-63)60(64)56-54-52-50-48-46-44-42-20-18-16-14-12-10-8-6-4-2/h5,7,11,13,17-20,22-23,25-26,28-29,31-32,46,48,54,56,59-60,63-64H,3-4,6,8-10,12,14-16,21,24,27,30,33-45,47,49-53,55,57-58H2,1-2H3,(H,62,65)/b7-5-,13-11-,19-17-,20-18+,23-22-,26-25-,29-28-,32-31-,48-46+,56-54+. The quantitative estimate of drug-likeness (QED) is 0.0421. The van der Waals surface area contributed by atoms with Crippen LogP contribution in [0.1, 0.15) is 239 Å². The van der Waals surface area contributed by atoms with Crippen LogP contribution < -0.4 is 5.32 Å². The van der Waals surface area contributed by atoms with E-state index in [2.05, 4.69) is 129 Å². The summed E-state index contributed by atoms with van der Waals surface area (Å²) < 4.78 is 0. The Kier molecular flexibility index (Phi) is 52.4. The maximum absolute atomic E-state index is 12.4. The third-order valence-electron chi connectivity index (χ3n) is 11.7. The lowest BCUT2D eigenvalue weighted by molar-refractivity contribution is -0.123. The molecule has 0 aliphatic rings. The minimum absolute atomic E-state index is 0.0824. The van der Waals surface area contributed by atoms with Crippen LogP contribution in [0.3, 0.4) is 0 Å². The van der Waals surface area contributed by atoms with E-state index in [-0.39, 0.29) is 12.5 Å². The molecule has 0 aromatic rings. The Morgan fingerprint density at radius 3 is 1.08 bits per heavy atom. The van der Waals surface area contributed by atoms with E-state index in [0.717, 1.165) is 83.5 Å². The summed E-state index contributed by atoms with van der Waals surface area (Å²) in [5, 5.41) is 23.1. The van der Waals surface area contributed by atoms with Gasteiger partial charge in [-0.1, -0.05) is 251 Å². The largest absolute Gasteiger partial charge is 0.394 e. The number of aliphatic hydroxyl groups excluding tert-OH is 2. The lowest BCUT2D eigenvalue weighted by atomic mass is 10.0. The van der Waals surface area contributed by atoms with Crippen molar-refractivity contribution in [3.8, 4) is 0 Å². The molecule has 0 aliphatic heterocycles. The topological polar surface area (TPSA) is 69.6 Å². The van der Waals surface area contributed by atoms with Crippen LogP contribution in [0.2, 0.25) is 0 Å². The van der Waals surface area contributed by atoms with Crippen molar-refractivity contribution < 1.29 is 15.0 Å². The van der Waals surface area contributed by atoms with Crippen LogP contribution in [-0.4, -0.2) is 34.9 Å². The van der Waals surface area contributed by atoms with E-state index in [1.54, 1.807) is 6.08 Å². The molecule has 2 unspecified atom stereocenters. The van der Waals surface area contributed by atoms with Gasteiger partial charge in [-0.25, -0.2) is 0 Å². The molecule has 0 fully saturated rings. The first-order valence-corrected chi connectivity index (χ1v) is 27.2. The number of allylic oxidation sites excluding steroid dienone is 19. The highest BCUT2D eigenvalue weighted by molar-refractivity contribution is 5.76. The summed E-state index contributed by atoms with van der Waals surface area (Å²) in [5.41, 5.74) is 0. The van der Waals surface area contributed by atoms with Gasteiger partial charge in [-0.3, -0.25) is 4.79 Å². The smallest absolute Gasteiger partial charge is 0.220 e. The number of aliphatic hydroxyl groups is 2. The molecular formula is C61H103NO3. The van der Waals surface area contributed by atoms with Gasteiger partial charge in [0.05, 0.1) is 18.8 Å². The van der Waals surface area contributed by atoms with Crippen molar-refractivity contribution in [1.29, 1.82) is 0 Å². The Labute approximate surface area is 403 Å². The molecule has 4 nitrogen and oxygen atoms in total. The molecule has 0 rings (SSSR count). The molecule has 0 saturated carbocycles. The van der Waals surface area contributed by atoms with Gasteiger partial charge < -0.3 is 15.5 Å². The predicted molar refractivity (Wildman–Crippen MR) is 289 cm³/mol. The first-order valence-electron chi connectivity index (χ1n) is 27.2. The van der Waals surface area contributed by atoms with Gasteiger partial charge in [0, 0.05) is 6.42 Å². The molecule has 0 aromatic heterocycles. The SMILES string of the molecule is CC/C=C\C/C=C\C/C=C\C/C=C\C/C=C\C/C=C\C/C=C\CCCCCCCCCCCCCCCCCC(=O)NC(CO)C(O)/C=C/CC/C=C/CC/C=C/CCCCCCCC. The number of nitrogens with one attached hydrogen (secondary N) is 1. The average molecular weight is 898 g/mol. The van der Waals surface area contributed by atoms with E-state index in [1.807, 2.05) is 6.08 Å². The summed E-state index contributed by atoms with van der Waals surface area (Å²) in [6.45, 7) is 4.16. The Bertz CT molecular complexity index is 1290. The van der Waals surface area contributed by atoms with E-state index >= 15 is 0 Å². The van der Waals surface area contributed by atoms with Crippen LogP contribution in [0, 0.1) is 0 Å². The van der Waals surface area contributed by atoms with Gasteiger partial charge >= 0.3 is 0 Å². The van der Waals surface area contributed by atoms with Crippen molar-refractivity contribution in [2.75, 3.05) is 6.61 Å². The van der Waals surface area contributed by atoms with Gasteiger partial charge in [0.2, 0.25) is 5.91 Å². The van der Waals surface area contributed by atoms with Gasteiger partial charge in [0.1, 0.15) is 0 Å². The minimum atomic E-state index is -0.876. The molecule has 65 heavy (non-hydrogen) atoms. The molecule has 0 aliphatic carbocycles. The van der Waals surface area contributed by atoms with Crippen molar-refractivity contribution in [3.05, 3.63) is 122 Å². The molecule has 0 aromatic carbocycles. The molecule has 0 spiro atoms. The van der Waals surface area contributed by atoms with Crippen molar-refractivity contribution in [2.24, 2.45) is 0 Å². The molecule has 4 heteroatoms.